The number of rotatable bonds is 1. The lowest BCUT2D eigenvalue weighted by atomic mass is 9.75. The maximum Gasteiger partial charge on any atom is 0.291 e. The molecule has 1 N–H and O–H groups in total. The van der Waals surface area contributed by atoms with Crippen LogP contribution in [0.4, 0.5) is 5.82 Å². The lowest BCUT2D eigenvalue weighted by molar-refractivity contribution is -0.0829. The molecule has 1 atom stereocenters. The Morgan fingerprint density at radius 3 is 2.86 bits per heavy atom. The molecule has 0 radical (unpaired) electrons. The van der Waals surface area contributed by atoms with Crippen LogP contribution >= 0.6 is 11.6 Å². The number of pyridine rings is 1. The Balaban J connectivity index is 1.47. The summed E-state index contributed by atoms with van der Waals surface area (Å²) in [7, 11) is 0. The third-order valence-electron chi connectivity index (χ3n) is 4.87. The second-order valence-corrected chi connectivity index (χ2v) is 6.63. The Bertz CT molecular complexity index is 597. The van der Waals surface area contributed by atoms with Gasteiger partial charge in [-0.15, -0.1) is 0 Å². The van der Waals surface area contributed by atoms with Crippen LogP contribution in [0.15, 0.2) is 17.1 Å². The van der Waals surface area contributed by atoms with E-state index in [1.165, 1.54) is 25.9 Å². The molecule has 1 aromatic heterocycles. The first kappa shape index (κ1) is 13.3. The van der Waals surface area contributed by atoms with E-state index < -0.39 is 0 Å². The van der Waals surface area contributed by atoms with Gasteiger partial charge in [-0.3, -0.25) is 10.2 Å². The average Bonchev–Trinajstić information content (AvgIpc) is 2.87. The van der Waals surface area contributed by atoms with Crippen LogP contribution in [0.2, 0.25) is 5.02 Å². The molecule has 6 heteroatoms. The summed E-state index contributed by atoms with van der Waals surface area (Å²) in [4.78, 5) is 11.5. The number of hydrogen-bond donors (Lipinski definition) is 1. The highest BCUT2D eigenvalue weighted by atomic mass is 35.5. The number of nitrogens with one attached hydrogen (secondary N) is 1. The van der Waals surface area contributed by atoms with E-state index in [9.17, 15) is 0 Å². The van der Waals surface area contributed by atoms with Crippen molar-refractivity contribution in [1.29, 1.82) is 0 Å². The maximum atomic E-state index is 6.22. The Hall–Kier alpha value is -1.33. The molecule has 3 saturated heterocycles. The van der Waals surface area contributed by atoms with Crippen LogP contribution in [0.25, 0.3) is 0 Å². The molecule has 0 saturated carbocycles. The number of halogens is 1. The van der Waals surface area contributed by atoms with E-state index in [2.05, 4.69) is 20.2 Å². The van der Waals surface area contributed by atoms with Gasteiger partial charge in [-0.2, -0.15) is 0 Å². The van der Waals surface area contributed by atoms with Crippen molar-refractivity contribution < 1.29 is 4.74 Å². The van der Waals surface area contributed by atoms with Gasteiger partial charge in [-0.25, -0.2) is 9.98 Å². The Morgan fingerprint density at radius 2 is 2.19 bits per heavy atom. The zero-order valence-corrected chi connectivity index (χ0v) is 12.9. The van der Waals surface area contributed by atoms with Gasteiger partial charge in [-0.05, 0) is 45.0 Å². The molecule has 4 aliphatic heterocycles. The maximum absolute atomic E-state index is 6.22. The quantitative estimate of drug-likeness (QED) is 0.865. The number of aryl methyl sites for hydroxylation is 1. The van der Waals surface area contributed by atoms with Gasteiger partial charge in [-0.1, -0.05) is 11.6 Å². The molecule has 112 valence electrons. The van der Waals surface area contributed by atoms with Crippen molar-refractivity contribution in [3.63, 3.8) is 0 Å². The largest absolute Gasteiger partial charge is 0.455 e. The van der Waals surface area contributed by atoms with Gasteiger partial charge in [0.2, 0.25) is 0 Å². The molecule has 2 bridgehead atoms. The van der Waals surface area contributed by atoms with Gasteiger partial charge >= 0.3 is 0 Å². The molecule has 4 aliphatic rings. The Morgan fingerprint density at radius 1 is 1.38 bits per heavy atom. The Labute approximate surface area is 129 Å². The molecular formula is C15H19ClN4O. The molecule has 0 unspecified atom stereocenters. The first-order valence-electron chi connectivity index (χ1n) is 7.51. The number of aliphatic imine (C=N–C) groups is 1. The fourth-order valence-electron chi connectivity index (χ4n) is 3.67. The molecule has 3 fully saturated rings. The number of nitrogens with zero attached hydrogens (tertiary/aromatic N) is 3. The summed E-state index contributed by atoms with van der Waals surface area (Å²) in [6.07, 6.45) is 2.45. The number of anilines is 1. The molecule has 0 amide bonds. The molecule has 0 aromatic carbocycles. The van der Waals surface area contributed by atoms with Crippen molar-refractivity contribution in [3.8, 4) is 0 Å². The number of aromatic nitrogens is 1. The molecule has 5 rings (SSSR count). The number of piperidine rings is 3. The van der Waals surface area contributed by atoms with Crippen LogP contribution in [-0.2, 0) is 4.74 Å². The molecular weight excluding hydrogens is 288 g/mol. The van der Waals surface area contributed by atoms with E-state index in [1.54, 1.807) is 0 Å². The summed E-state index contributed by atoms with van der Waals surface area (Å²) < 4.78 is 6.22. The first-order valence-corrected chi connectivity index (χ1v) is 7.88. The van der Waals surface area contributed by atoms with E-state index in [0.29, 0.717) is 17.0 Å². The molecule has 5 heterocycles. The lowest BCUT2D eigenvalue weighted by Crippen LogP contribution is -2.61. The van der Waals surface area contributed by atoms with Crippen LogP contribution in [-0.4, -0.2) is 47.7 Å². The third kappa shape index (κ3) is 2.28. The highest BCUT2D eigenvalue weighted by molar-refractivity contribution is 6.31. The highest BCUT2D eigenvalue weighted by Gasteiger charge is 2.51. The predicted octanol–water partition coefficient (Wildman–Crippen LogP) is 2.31. The monoisotopic (exact) mass is 306 g/mol. The van der Waals surface area contributed by atoms with E-state index in [4.69, 9.17) is 16.3 Å². The predicted molar refractivity (Wildman–Crippen MR) is 82.9 cm³/mol. The molecule has 1 spiro atoms. The van der Waals surface area contributed by atoms with Crippen molar-refractivity contribution in [2.24, 2.45) is 10.9 Å². The van der Waals surface area contributed by atoms with Gasteiger partial charge < -0.3 is 4.74 Å². The van der Waals surface area contributed by atoms with Crippen molar-refractivity contribution in [2.75, 3.05) is 31.5 Å². The van der Waals surface area contributed by atoms with Gasteiger partial charge in [0, 0.05) is 12.5 Å². The second-order valence-electron chi connectivity index (χ2n) is 6.23. The summed E-state index contributed by atoms with van der Waals surface area (Å²) in [5.74, 6) is 1.36. The average molecular weight is 307 g/mol. The molecule has 21 heavy (non-hydrogen) atoms. The summed E-state index contributed by atoms with van der Waals surface area (Å²) in [5, 5.41) is 3.85. The van der Waals surface area contributed by atoms with E-state index in [1.807, 2.05) is 19.1 Å². The van der Waals surface area contributed by atoms with Crippen LogP contribution in [0.3, 0.4) is 0 Å². The lowest BCUT2D eigenvalue weighted by Gasteiger charge is -2.50. The summed E-state index contributed by atoms with van der Waals surface area (Å²) >= 11 is 6.00. The number of amidine groups is 1. The topological polar surface area (TPSA) is 49.8 Å². The number of hydrogen-bond acceptors (Lipinski definition) is 5. The third-order valence-corrected chi connectivity index (χ3v) is 5.27. The minimum absolute atomic E-state index is 0.111. The van der Waals surface area contributed by atoms with Gasteiger partial charge in [0.05, 0.1) is 17.3 Å². The highest BCUT2D eigenvalue weighted by Crippen LogP contribution is 2.40. The van der Waals surface area contributed by atoms with Crippen LogP contribution < -0.4 is 5.32 Å². The zero-order chi connectivity index (χ0) is 14.4. The smallest absolute Gasteiger partial charge is 0.291 e. The zero-order valence-electron chi connectivity index (χ0n) is 12.1. The van der Waals surface area contributed by atoms with Crippen molar-refractivity contribution in [1.82, 2.24) is 9.88 Å². The van der Waals surface area contributed by atoms with Gasteiger partial charge in [0.15, 0.2) is 0 Å². The summed E-state index contributed by atoms with van der Waals surface area (Å²) in [5.41, 5.74) is 0.693. The van der Waals surface area contributed by atoms with E-state index in [-0.39, 0.29) is 5.60 Å². The van der Waals surface area contributed by atoms with Crippen LogP contribution in [0, 0.1) is 12.8 Å². The van der Waals surface area contributed by atoms with Crippen LogP contribution in [0.5, 0.6) is 0 Å². The number of ether oxygens (including phenoxy) is 1. The standard InChI is InChI=1S/C15H19ClN4O/c1-10-12(16)2-3-13(18-10)19-14-17-8-15(21-14)9-20-6-4-11(15)5-7-20/h2-3,11H,4-9H2,1H3,(H,17,18,19)/t15-/m0/s1. The fraction of sp³-hybridized carbons (Fsp3) is 0.600. The number of fused-ring (bicyclic) bond motifs is 2. The minimum Gasteiger partial charge on any atom is -0.455 e. The van der Waals surface area contributed by atoms with Crippen LogP contribution in [0.1, 0.15) is 18.5 Å². The molecule has 1 aromatic rings. The minimum atomic E-state index is -0.111. The van der Waals surface area contributed by atoms with Crippen molar-refractivity contribution in [2.45, 2.75) is 25.4 Å². The van der Waals surface area contributed by atoms with Crippen molar-refractivity contribution in [3.05, 3.63) is 22.8 Å². The summed E-state index contributed by atoms with van der Waals surface area (Å²) in [6, 6.07) is 4.28. The van der Waals surface area contributed by atoms with E-state index in [0.717, 1.165) is 24.6 Å². The fourth-order valence-corrected chi connectivity index (χ4v) is 3.78. The molecule has 5 nitrogen and oxygen atoms in total. The SMILES string of the molecule is Cc1nc(NC2=NC[C@@]3(CN4CCC3CC4)O2)ccc1Cl. The Kier molecular flexibility index (Phi) is 3.08. The van der Waals surface area contributed by atoms with Crippen molar-refractivity contribution >= 4 is 23.4 Å². The summed E-state index contributed by atoms with van der Waals surface area (Å²) in [6.45, 7) is 6.05. The first-order chi connectivity index (χ1) is 10.1. The van der Waals surface area contributed by atoms with E-state index >= 15 is 0 Å². The molecule has 0 aliphatic carbocycles. The van der Waals surface area contributed by atoms with Gasteiger partial charge in [0.25, 0.3) is 6.02 Å². The second kappa shape index (κ2) is 4.85. The normalized spacial score (nSPS) is 33.9. The van der Waals surface area contributed by atoms with Gasteiger partial charge in [0.1, 0.15) is 11.4 Å².